The summed E-state index contributed by atoms with van der Waals surface area (Å²) in [6, 6.07) is 2.54. The van der Waals surface area contributed by atoms with Crippen LogP contribution in [0.15, 0.2) is 34.1 Å². The van der Waals surface area contributed by atoms with Gasteiger partial charge in [-0.3, -0.25) is 18.2 Å². The average Bonchev–Trinajstić information content (AvgIpc) is 3.33. The first-order valence-electron chi connectivity index (χ1n) is 11.5. The van der Waals surface area contributed by atoms with E-state index in [-0.39, 0.29) is 11.6 Å². The first-order valence-corrected chi connectivity index (χ1v) is 14.6. The molecule has 4 heterocycles. The summed E-state index contributed by atoms with van der Waals surface area (Å²) < 4.78 is 42.8. The maximum atomic E-state index is 11.7. The van der Waals surface area contributed by atoms with E-state index in [0.29, 0.717) is 0 Å². The topological polar surface area (TPSA) is 355 Å². The van der Waals surface area contributed by atoms with E-state index in [4.69, 9.17) is 50.7 Å². The summed E-state index contributed by atoms with van der Waals surface area (Å²) in [4.78, 5) is 65.6. The van der Waals surface area contributed by atoms with Crippen LogP contribution in [0.1, 0.15) is 12.5 Å². The maximum Gasteiger partial charge on any atom is 0.470 e. The van der Waals surface area contributed by atoms with E-state index in [9.17, 15) is 28.9 Å². The van der Waals surface area contributed by atoms with Crippen molar-refractivity contribution in [3.63, 3.8) is 0 Å². The quantitative estimate of drug-likeness (QED) is 0.120. The number of phosphoric acid groups is 2. The molecular formula is C18H28N6O16P2. The van der Waals surface area contributed by atoms with Gasteiger partial charge in [0, 0.05) is 12.4 Å². The average molecular weight is 646 g/mol. The Morgan fingerprint density at radius 1 is 0.762 bits per heavy atom. The number of nitrogens with zero attached hydrogens (tertiary/aromatic N) is 4. The number of nitrogens with two attached hydrogens (primary N) is 2. The number of phosphoric ester groups is 2. The molecule has 8 atom stereocenters. The molecular weight excluding hydrogens is 618 g/mol. The second kappa shape index (κ2) is 13.3. The Hall–Kier alpha value is -2.66. The van der Waals surface area contributed by atoms with Crippen LogP contribution in [-0.2, 0) is 27.7 Å². The van der Waals surface area contributed by atoms with Crippen LogP contribution < -0.4 is 22.8 Å². The van der Waals surface area contributed by atoms with Gasteiger partial charge in [-0.1, -0.05) is 0 Å². The third kappa shape index (κ3) is 8.24. The van der Waals surface area contributed by atoms with Crippen molar-refractivity contribution in [2.45, 2.75) is 49.1 Å². The van der Waals surface area contributed by atoms with Crippen LogP contribution in [0.3, 0.4) is 0 Å². The lowest BCUT2D eigenvalue weighted by Crippen LogP contribution is -2.37. The summed E-state index contributed by atoms with van der Waals surface area (Å²) in [5, 5.41) is 38.1. The van der Waals surface area contributed by atoms with Gasteiger partial charge in [0.2, 0.25) is 0 Å². The van der Waals surface area contributed by atoms with Crippen LogP contribution in [0, 0.1) is 0 Å². The van der Waals surface area contributed by atoms with Crippen molar-refractivity contribution in [2.75, 3.05) is 24.7 Å². The van der Waals surface area contributed by atoms with E-state index in [1.54, 1.807) is 0 Å². The Bertz CT molecular complexity index is 1450. The molecule has 2 fully saturated rings. The summed E-state index contributed by atoms with van der Waals surface area (Å²) in [5.74, 6) is -0.0913. The Balaban J connectivity index is 0.000000230. The fourth-order valence-corrected chi connectivity index (χ4v) is 5.11. The molecule has 0 spiro atoms. The van der Waals surface area contributed by atoms with Crippen molar-refractivity contribution in [3.05, 3.63) is 45.5 Å². The Kier molecular flexibility index (Phi) is 10.7. The van der Waals surface area contributed by atoms with Gasteiger partial charge in [-0.25, -0.2) is 18.7 Å². The second-order valence-corrected chi connectivity index (χ2v) is 11.1. The summed E-state index contributed by atoms with van der Waals surface area (Å²) >= 11 is 0. The molecule has 2 aliphatic heterocycles. The van der Waals surface area contributed by atoms with E-state index < -0.39 is 89.3 Å². The fraction of sp³-hybridized carbons (Fsp3) is 0.556. The third-order valence-corrected chi connectivity index (χ3v) is 6.79. The highest BCUT2D eigenvalue weighted by atomic mass is 31.2. The molecule has 0 radical (unpaired) electrons. The monoisotopic (exact) mass is 646 g/mol. The number of nitrogen functional groups attached to an aromatic ring is 2. The highest BCUT2D eigenvalue weighted by Gasteiger charge is 2.49. The molecule has 0 amide bonds. The molecule has 0 saturated carbocycles. The van der Waals surface area contributed by atoms with Crippen LogP contribution in [0.4, 0.5) is 11.6 Å². The minimum absolute atomic E-state index is 0.0366. The molecule has 0 aromatic carbocycles. The smallest absolute Gasteiger partial charge is 0.394 e. The summed E-state index contributed by atoms with van der Waals surface area (Å²) in [7, 11) is -9.87. The van der Waals surface area contributed by atoms with Gasteiger partial charge < -0.3 is 60.9 Å². The number of ether oxygens (including phenoxy) is 2. The number of hydrogen-bond acceptors (Lipinski definition) is 16. The van der Waals surface area contributed by atoms with Crippen LogP contribution in [0.5, 0.6) is 0 Å². The predicted octanol–water partition coefficient (Wildman–Crippen LogP) is -4.89. The van der Waals surface area contributed by atoms with Crippen molar-refractivity contribution < 1.29 is 67.7 Å². The predicted molar refractivity (Wildman–Crippen MR) is 134 cm³/mol. The van der Waals surface area contributed by atoms with E-state index in [2.05, 4.69) is 19.0 Å². The maximum absolute atomic E-state index is 11.7. The van der Waals surface area contributed by atoms with Gasteiger partial charge in [0.05, 0.1) is 13.2 Å². The number of rotatable bonds is 8. The number of aromatic nitrogens is 4. The molecule has 0 bridgehead atoms. The standard InChI is InChI=1S/2C9H14N3O8P/c10-5-1-2-12(9(15)11-5)8-6(14)7(4(3-13)19-8)20-21(16,17)18;10-5-1-2-12(9(15)11-5)8-7(20-21(16,17)18)6(14)4(3-13)19-8/h2*1-2,4,6-8,13-14H,3H2,(H2,10,11,15)(H2,16,17,18). The molecule has 0 aliphatic carbocycles. The van der Waals surface area contributed by atoms with Crippen molar-refractivity contribution in [3.8, 4) is 0 Å². The van der Waals surface area contributed by atoms with Gasteiger partial charge in [-0.15, -0.1) is 0 Å². The number of hydrogen-bond donors (Lipinski definition) is 10. The molecule has 42 heavy (non-hydrogen) atoms. The molecule has 12 N–H and O–H groups in total. The molecule has 22 nitrogen and oxygen atoms in total. The molecule has 2 aliphatic rings. The zero-order valence-electron chi connectivity index (χ0n) is 21.0. The van der Waals surface area contributed by atoms with E-state index in [1.165, 1.54) is 24.5 Å². The fourth-order valence-electron chi connectivity index (χ4n) is 3.99. The van der Waals surface area contributed by atoms with Crippen molar-refractivity contribution in [1.29, 1.82) is 0 Å². The van der Waals surface area contributed by atoms with Crippen molar-refractivity contribution in [1.82, 2.24) is 19.1 Å². The van der Waals surface area contributed by atoms with Crippen molar-refractivity contribution in [2.24, 2.45) is 0 Å². The molecule has 24 heteroatoms. The van der Waals surface area contributed by atoms with Gasteiger partial charge in [0.1, 0.15) is 48.3 Å². The lowest BCUT2D eigenvalue weighted by molar-refractivity contribution is -0.0548. The third-order valence-electron chi connectivity index (χ3n) is 5.75. The Labute approximate surface area is 233 Å². The Morgan fingerprint density at radius 2 is 1.19 bits per heavy atom. The van der Waals surface area contributed by atoms with Gasteiger partial charge in [0.15, 0.2) is 12.5 Å². The molecule has 236 valence electrons. The van der Waals surface area contributed by atoms with E-state index >= 15 is 0 Å². The second-order valence-electron chi connectivity index (χ2n) is 8.68. The van der Waals surface area contributed by atoms with E-state index in [1.807, 2.05) is 0 Å². The van der Waals surface area contributed by atoms with Crippen LogP contribution >= 0.6 is 15.6 Å². The molecule has 2 saturated heterocycles. The van der Waals surface area contributed by atoms with Gasteiger partial charge >= 0.3 is 27.0 Å². The molecule has 4 rings (SSSR count). The minimum atomic E-state index is -4.95. The number of anilines is 2. The molecule has 8 unspecified atom stereocenters. The molecule has 2 aromatic heterocycles. The normalized spacial score (nSPS) is 29.7. The zero-order chi connectivity index (χ0) is 31.6. The van der Waals surface area contributed by atoms with Gasteiger partial charge in [-0.05, 0) is 12.1 Å². The highest BCUT2D eigenvalue weighted by Crippen LogP contribution is 2.45. The zero-order valence-corrected chi connectivity index (χ0v) is 22.8. The summed E-state index contributed by atoms with van der Waals surface area (Å²) in [6.45, 7) is -1.30. The first kappa shape index (κ1) is 33.8. The first-order chi connectivity index (χ1) is 19.5. The van der Waals surface area contributed by atoms with E-state index in [0.717, 1.165) is 9.13 Å². The molecule has 2 aromatic rings. The highest BCUT2D eigenvalue weighted by molar-refractivity contribution is 7.46. The lowest BCUT2D eigenvalue weighted by Gasteiger charge is -2.22. The largest absolute Gasteiger partial charge is 0.470 e. The number of aliphatic hydroxyl groups excluding tert-OH is 4. The van der Waals surface area contributed by atoms with Gasteiger partial charge in [-0.2, -0.15) is 9.97 Å². The van der Waals surface area contributed by atoms with Gasteiger partial charge in [0.25, 0.3) is 0 Å². The lowest BCUT2D eigenvalue weighted by atomic mass is 10.1. The van der Waals surface area contributed by atoms with Crippen LogP contribution in [0.2, 0.25) is 0 Å². The summed E-state index contributed by atoms with van der Waals surface area (Å²) in [6.07, 6.45) is -8.92. The SMILES string of the molecule is Nc1ccn(C2OC(CO)C(O)C2OP(=O)(O)O)c(=O)n1.Nc1ccn(C2OC(CO)C(OP(=O)(O)O)C2O)c(=O)n1. The van der Waals surface area contributed by atoms with Crippen LogP contribution in [-0.4, -0.2) is 109 Å². The van der Waals surface area contributed by atoms with Crippen molar-refractivity contribution >= 4 is 27.3 Å². The Morgan fingerprint density at radius 3 is 1.62 bits per heavy atom. The number of aliphatic hydroxyl groups is 4. The van der Waals surface area contributed by atoms with Crippen LogP contribution in [0.25, 0.3) is 0 Å². The summed E-state index contributed by atoms with van der Waals surface area (Å²) in [5.41, 5.74) is 8.98. The minimum Gasteiger partial charge on any atom is -0.394 e.